The topological polar surface area (TPSA) is 48.5 Å². The predicted octanol–water partition coefficient (Wildman–Crippen LogP) is 5.94. The Hall–Kier alpha value is -3.46. The fourth-order valence-electron chi connectivity index (χ4n) is 4.31. The van der Waals surface area contributed by atoms with Crippen molar-refractivity contribution in [3.8, 4) is 0 Å². The zero-order valence-corrected chi connectivity index (χ0v) is 19.0. The zero-order valence-electron chi connectivity index (χ0n) is 19.0. The molecule has 0 atom stereocenters. The number of hydrogen-bond acceptors (Lipinski definition) is 3. The monoisotopic (exact) mass is 486 g/mol. The van der Waals surface area contributed by atoms with E-state index < -0.39 is 23.6 Å². The maximum absolute atomic E-state index is 13.9. The maximum atomic E-state index is 13.9. The van der Waals surface area contributed by atoms with E-state index in [1.807, 2.05) is 48.7 Å². The van der Waals surface area contributed by atoms with Crippen LogP contribution in [0, 0.1) is 5.82 Å². The summed E-state index contributed by atoms with van der Waals surface area (Å²) in [6.07, 6.45) is 0.253. The molecule has 1 N–H and O–H groups in total. The van der Waals surface area contributed by atoms with Gasteiger partial charge in [0.25, 0.3) is 0 Å². The third-order valence-corrected chi connectivity index (χ3v) is 6.06. The van der Waals surface area contributed by atoms with E-state index in [2.05, 4.69) is 15.2 Å². The molecule has 1 fully saturated rings. The SMILES string of the molecule is O=C(Nc1cc(F)cc(C(F)(F)F)c1)N(Cc1ccccc1)C1CCN(Cc2cccnc2)CC1. The molecule has 0 aliphatic carbocycles. The highest BCUT2D eigenvalue weighted by Crippen LogP contribution is 2.32. The van der Waals surface area contributed by atoms with Gasteiger partial charge in [0.1, 0.15) is 5.82 Å². The van der Waals surface area contributed by atoms with Crippen LogP contribution in [-0.2, 0) is 19.3 Å². The number of nitrogens with one attached hydrogen (secondary N) is 1. The molecule has 0 bridgehead atoms. The molecule has 2 amide bonds. The van der Waals surface area contributed by atoms with Crippen LogP contribution in [0.25, 0.3) is 0 Å². The number of halogens is 4. The molecule has 9 heteroatoms. The lowest BCUT2D eigenvalue weighted by Gasteiger charge is -2.38. The third-order valence-electron chi connectivity index (χ3n) is 6.06. The molecule has 1 aliphatic heterocycles. The van der Waals surface area contributed by atoms with Gasteiger partial charge in [-0.05, 0) is 48.2 Å². The van der Waals surface area contributed by atoms with Gasteiger partial charge in [-0.1, -0.05) is 36.4 Å². The van der Waals surface area contributed by atoms with Crippen LogP contribution in [0.15, 0.2) is 73.1 Å². The Morgan fingerprint density at radius 1 is 1.03 bits per heavy atom. The van der Waals surface area contributed by atoms with Crippen LogP contribution in [0.1, 0.15) is 29.5 Å². The van der Waals surface area contributed by atoms with Crippen molar-refractivity contribution < 1.29 is 22.4 Å². The fraction of sp³-hybridized carbons (Fsp3) is 0.308. The Morgan fingerprint density at radius 3 is 2.40 bits per heavy atom. The standard InChI is InChI=1S/C26H26F4N4O/c27-22-13-21(26(28,29)30)14-23(15-22)32-25(35)34(18-19-5-2-1-3-6-19)24-8-11-33(12-9-24)17-20-7-4-10-31-16-20/h1-7,10,13-16,24H,8-9,11-12,17-18H2,(H,32,35). The minimum Gasteiger partial charge on any atom is -0.317 e. The zero-order chi connectivity index (χ0) is 24.8. The molecule has 0 radical (unpaired) electrons. The Labute approximate surface area is 201 Å². The molecular weight excluding hydrogens is 460 g/mol. The van der Waals surface area contributed by atoms with Crippen LogP contribution in [0.4, 0.5) is 28.0 Å². The lowest BCUT2D eigenvalue weighted by Crippen LogP contribution is -2.48. The van der Waals surface area contributed by atoms with E-state index in [0.717, 1.165) is 42.9 Å². The average Bonchev–Trinajstić information content (AvgIpc) is 2.83. The Bertz CT molecular complexity index is 1120. The summed E-state index contributed by atoms with van der Waals surface area (Å²) >= 11 is 0. The number of likely N-dealkylation sites (tertiary alicyclic amines) is 1. The Kier molecular flexibility index (Phi) is 7.65. The smallest absolute Gasteiger partial charge is 0.317 e. The average molecular weight is 487 g/mol. The molecule has 184 valence electrons. The summed E-state index contributed by atoms with van der Waals surface area (Å²) in [6.45, 7) is 2.57. The molecule has 2 aromatic carbocycles. The van der Waals surface area contributed by atoms with Crippen molar-refractivity contribution in [3.05, 3.63) is 95.6 Å². The van der Waals surface area contributed by atoms with Gasteiger partial charge in [0.05, 0.1) is 5.56 Å². The lowest BCUT2D eigenvalue weighted by atomic mass is 10.0. The van der Waals surface area contributed by atoms with E-state index in [1.165, 1.54) is 0 Å². The number of carbonyl (C=O) groups excluding carboxylic acids is 1. The van der Waals surface area contributed by atoms with E-state index >= 15 is 0 Å². The van der Waals surface area contributed by atoms with Gasteiger partial charge in [0.2, 0.25) is 0 Å². The summed E-state index contributed by atoms with van der Waals surface area (Å²) in [5.74, 6) is -1.06. The second-order valence-corrected chi connectivity index (χ2v) is 8.64. The molecule has 0 saturated carbocycles. The number of rotatable bonds is 6. The first-order chi connectivity index (χ1) is 16.8. The molecular formula is C26H26F4N4O. The van der Waals surface area contributed by atoms with Gasteiger partial charge in [-0.15, -0.1) is 0 Å². The van der Waals surface area contributed by atoms with Crippen molar-refractivity contribution in [2.45, 2.75) is 38.1 Å². The summed E-state index contributed by atoms with van der Waals surface area (Å²) in [5.41, 5.74) is 0.632. The van der Waals surface area contributed by atoms with Gasteiger partial charge in [-0.3, -0.25) is 9.88 Å². The number of urea groups is 1. The predicted molar refractivity (Wildman–Crippen MR) is 125 cm³/mol. The number of amides is 2. The highest BCUT2D eigenvalue weighted by atomic mass is 19.4. The largest absolute Gasteiger partial charge is 0.416 e. The summed E-state index contributed by atoms with van der Waals surface area (Å²) in [6, 6.07) is 14.7. The van der Waals surface area contributed by atoms with Crippen molar-refractivity contribution in [1.29, 1.82) is 0 Å². The molecule has 1 aliphatic rings. The summed E-state index contributed by atoms with van der Waals surface area (Å²) in [5, 5.41) is 2.49. The van der Waals surface area contributed by atoms with Crippen molar-refractivity contribution in [2.24, 2.45) is 0 Å². The molecule has 1 aromatic heterocycles. The van der Waals surface area contributed by atoms with E-state index in [1.54, 1.807) is 11.1 Å². The maximum Gasteiger partial charge on any atom is 0.416 e. The number of anilines is 1. The number of carbonyl (C=O) groups is 1. The van der Waals surface area contributed by atoms with Crippen LogP contribution < -0.4 is 5.32 Å². The third kappa shape index (κ3) is 6.79. The van der Waals surface area contributed by atoms with E-state index in [0.29, 0.717) is 25.5 Å². The van der Waals surface area contributed by atoms with E-state index in [-0.39, 0.29) is 11.7 Å². The Morgan fingerprint density at radius 2 is 1.74 bits per heavy atom. The van der Waals surface area contributed by atoms with E-state index in [4.69, 9.17) is 0 Å². The van der Waals surface area contributed by atoms with Gasteiger partial charge >= 0.3 is 12.2 Å². The first-order valence-electron chi connectivity index (χ1n) is 11.4. The van der Waals surface area contributed by atoms with Crippen LogP contribution in [-0.4, -0.2) is 39.9 Å². The van der Waals surface area contributed by atoms with Crippen LogP contribution in [0.2, 0.25) is 0 Å². The molecule has 35 heavy (non-hydrogen) atoms. The van der Waals surface area contributed by atoms with Crippen molar-refractivity contribution in [2.75, 3.05) is 18.4 Å². The van der Waals surface area contributed by atoms with Crippen molar-refractivity contribution in [1.82, 2.24) is 14.8 Å². The molecule has 0 unspecified atom stereocenters. The molecule has 1 saturated heterocycles. The number of aromatic nitrogens is 1. The lowest BCUT2D eigenvalue weighted by molar-refractivity contribution is -0.137. The molecule has 3 aromatic rings. The second-order valence-electron chi connectivity index (χ2n) is 8.64. The van der Waals surface area contributed by atoms with Crippen molar-refractivity contribution >= 4 is 11.7 Å². The van der Waals surface area contributed by atoms with Crippen molar-refractivity contribution in [3.63, 3.8) is 0 Å². The Balaban J connectivity index is 1.48. The molecule has 4 rings (SSSR count). The fourth-order valence-corrected chi connectivity index (χ4v) is 4.31. The first-order valence-corrected chi connectivity index (χ1v) is 11.4. The summed E-state index contributed by atoms with van der Waals surface area (Å²) < 4.78 is 53.2. The minimum atomic E-state index is -4.72. The van der Waals surface area contributed by atoms with Gasteiger partial charge in [0.15, 0.2) is 0 Å². The van der Waals surface area contributed by atoms with Gasteiger partial charge in [-0.25, -0.2) is 9.18 Å². The first kappa shape index (κ1) is 24.7. The molecule has 2 heterocycles. The second kappa shape index (κ2) is 10.9. The quantitative estimate of drug-likeness (QED) is 0.439. The summed E-state index contributed by atoms with van der Waals surface area (Å²) in [7, 11) is 0. The van der Waals surface area contributed by atoms with Gasteiger partial charge < -0.3 is 10.2 Å². The number of nitrogens with zero attached hydrogens (tertiary/aromatic N) is 3. The van der Waals surface area contributed by atoms with Crippen LogP contribution >= 0.6 is 0 Å². The van der Waals surface area contributed by atoms with Crippen LogP contribution in [0.3, 0.4) is 0 Å². The normalized spacial score (nSPS) is 15.1. The number of pyridine rings is 1. The molecule has 0 spiro atoms. The highest BCUT2D eigenvalue weighted by Gasteiger charge is 2.32. The number of piperidine rings is 1. The summed E-state index contributed by atoms with van der Waals surface area (Å²) in [4.78, 5) is 21.3. The number of hydrogen-bond donors (Lipinski definition) is 1. The van der Waals surface area contributed by atoms with Gasteiger partial charge in [-0.2, -0.15) is 13.2 Å². The number of benzene rings is 2. The van der Waals surface area contributed by atoms with Crippen LogP contribution in [0.5, 0.6) is 0 Å². The molecule has 5 nitrogen and oxygen atoms in total. The number of alkyl halides is 3. The van der Waals surface area contributed by atoms with Gasteiger partial charge in [0, 0.05) is 50.3 Å². The van der Waals surface area contributed by atoms with E-state index in [9.17, 15) is 22.4 Å². The minimum absolute atomic E-state index is 0.115. The highest BCUT2D eigenvalue weighted by molar-refractivity contribution is 5.89.